The maximum absolute atomic E-state index is 12.7. The summed E-state index contributed by atoms with van der Waals surface area (Å²) in [4.78, 5) is 17.3. The van der Waals surface area contributed by atoms with Crippen LogP contribution in [0.5, 0.6) is 0 Å². The Balaban J connectivity index is 2.04. The van der Waals surface area contributed by atoms with Gasteiger partial charge in [0, 0.05) is 21.9 Å². The molecule has 0 saturated carbocycles. The molecule has 4 nitrogen and oxygen atoms in total. The number of nitrogens with zero attached hydrogens (tertiary/aromatic N) is 2. The third-order valence-corrected chi connectivity index (χ3v) is 3.95. The number of hydrogen-bond donors (Lipinski definition) is 1. The van der Waals surface area contributed by atoms with E-state index in [1.165, 1.54) is 0 Å². The second-order valence-electron chi connectivity index (χ2n) is 5.31. The number of rotatable bonds is 3. The minimum Gasteiger partial charge on any atom is -0.321 e. The largest absolute Gasteiger partial charge is 0.321 e. The number of amides is 1. The fourth-order valence-electron chi connectivity index (χ4n) is 2.50. The fourth-order valence-corrected chi connectivity index (χ4v) is 3.03. The van der Waals surface area contributed by atoms with Crippen molar-refractivity contribution < 1.29 is 4.79 Å². The zero-order chi connectivity index (χ0) is 16.6. The highest BCUT2D eigenvalue weighted by molar-refractivity contribution is 6.35. The lowest BCUT2D eigenvalue weighted by atomic mass is 10.2. The Morgan fingerprint density at radius 3 is 2.57 bits per heavy atom. The molecule has 0 spiro atoms. The van der Waals surface area contributed by atoms with E-state index in [4.69, 9.17) is 23.2 Å². The first-order valence-electron chi connectivity index (χ1n) is 7.23. The molecule has 0 radical (unpaired) electrons. The average Bonchev–Trinajstić information content (AvgIpc) is 2.83. The smallest absolute Gasteiger partial charge is 0.274 e. The van der Waals surface area contributed by atoms with Gasteiger partial charge < -0.3 is 5.32 Å². The molecule has 0 aliphatic rings. The van der Waals surface area contributed by atoms with Crippen LogP contribution in [-0.2, 0) is 6.42 Å². The highest BCUT2D eigenvalue weighted by atomic mass is 35.5. The topological polar surface area (TPSA) is 46.4 Å². The molecule has 0 fully saturated rings. The summed E-state index contributed by atoms with van der Waals surface area (Å²) in [6, 6.07) is 8.81. The molecule has 3 aromatic rings. The molecule has 23 heavy (non-hydrogen) atoms. The molecule has 1 aromatic carbocycles. The van der Waals surface area contributed by atoms with Gasteiger partial charge in [0.25, 0.3) is 5.91 Å². The number of aryl methyl sites for hydroxylation is 2. The number of aromatic nitrogens is 2. The highest BCUT2D eigenvalue weighted by Crippen LogP contribution is 2.23. The van der Waals surface area contributed by atoms with Crippen molar-refractivity contribution in [1.29, 1.82) is 0 Å². The van der Waals surface area contributed by atoms with E-state index >= 15 is 0 Å². The molecule has 0 saturated heterocycles. The molecule has 3 rings (SSSR count). The number of benzene rings is 1. The van der Waals surface area contributed by atoms with Crippen LogP contribution in [0.3, 0.4) is 0 Å². The zero-order valence-electron chi connectivity index (χ0n) is 12.7. The third kappa shape index (κ3) is 3.19. The van der Waals surface area contributed by atoms with Gasteiger partial charge in [0.05, 0.1) is 5.69 Å². The number of carbonyl (C=O) groups excluding carboxylic acids is 1. The van der Waals surface area contributed by atoms with E-state index in [-0.39, 0.29) is 5.91 Å². The van der Waals surface area contributed by atoms with E-state index in [9.17, 15) is 4.79 Å². The Labute approximate surface area is 144 Å². The Kier molecular flexibility index (Phi) is 4.28. The predicted molar refractivity (Wildman–Crippen MR) is 93.7 cm³/mol. The molecule has 2 heterocycles. The van der Waals surface area contributed by atoms with Gasteiger partial charge in [-0.05, 0) is 43.2 Å². The van der Waals surface area contributed by atoms with Crippen molar-refractivity contribution in [3.05, 3.63) is 63.5 Å². The Morgan fingerprint density at radius 2 is 1.91 bits per heavy atom. The Bertz CT molecular complexity index is 882. The molecule has 6 heteroatoms. The molecular weight excluding hydrogens is 333 g/mol. The number of fused-ring (bicyclic) bond motifs is 1. The summed E-state index contributed by atoms with van der Waals surface area (Å²) in [5, 5.41) is 3.78. The predicted octanol–water partition coefficient (Wildman–Crippen LogP) is 4.76. The van der Waals surface area contributed by atoms with Crippen molar-refractivity contribution in [3.63, 3.8) is 0 Å². The Morgan fingerprint density at radius 1 is 1.22 bits per heavy atom. The number of carbonyl (C=O) groups is 1. The minimum absolute atomic E-state index is 0.238. The maximum atomic E-state index is 12.7. The number of hydrogen-bond acceptors (Lipinski definition) is 2. The van der Waals surface area contributed by atoms with Gasteiger partial charge in [-0.15, -0.1) is 0 Å². The van der Waals surface area contributed by atoms with Gasteiger partial charge in [-0.2, -0.15) is 0 Å². The summed E-state index contributed by atoms with van der Waals surface area (Å²) in [5.41, 5.74) is 3.64. The van der Waals surface area contributed by atoms with E-state index in [2.05, 4.69) is 10.3 Å². The van der Waals surface area contributed by atoms with Gasteiger partial charge >= 0.3 is 0 Å². The normalized spacial score (nSPS) is 11.0. The average molecular weight is 348 g/mol. The lowest BCUT2D eigenvalue weighted by molar-refractivity contribution is 0.102. The van der Waals surface area contributed by atoms with Gasteiger partial charge in [-0.3, -0.25) is 9.20 Å². The summed E-state index contributed by atoms with van der Waals surface area (Å²) in [6.45, 7) is 3.95. The lowest BCUT2D eigenvalue weighted by Gasteiger charge is -2.08. The van der Waals surface area contributed by atoms with Crippen LogP contribution in [0.4, 0.5) is 5.69 Å². The van der Waals surface area contributed by atoms with Gasteiger partial charge in [-0.1, -0.05) is 36.2 Å². The molecule has 118 valence electrons. The quantitative estimate of drug-likeness (QED) is 0.741. The SMILES string of the molecule is CCc1nc2ccc(C)cn2c1C(=O)Nc1cc(Cl)cc(Cl)c1. The van der Waals surface area contributed by atoms with E-state index in [1.807, 2.05) is 36.6 Å². The molecular formula is C17H15Cl2N3O. The van der Waals surface area contributed by atoms with Gasteiger partial charge in [0.15, 0.2) is 0 Å². The number of anilines is 1. The molecule has 2 aromatic heterocycles. The van der Waals surface area contributed by atoms with Gasteiger partial charge in [0.2, 0.25) is 0 Å². The van der Waals surface area contributed by atoms with Crippen molar-refractivity contribution >= 4 is 40.4 Å². The first-order chi connectivity index (χ1) is 11.0. The van der Waals surface area contributed by atoms with Crippen molar-refractivity contribution in [3.8, 4) is 0 Å². The summed E-state index contributed by atoms with van der Waals surface area (Å²) >= 11 is 12.0. The van der Waals surface area contributed by atoms with Crippen LogP contribution in [-0.4, -0.2) is 15.3 Å². The zero-order valence-corrected chi connectivity index (χ0v) is 14.2. The maximum Gasteiger partial charge on any atom is 0.274 e. The second kappa shape index (κ2) is 6.22. The minimum atomic E-state index is -0.238. The summed E-state index contributed by atoms with van der Waals surface area (Å²) in [5.74, 6) is -0.238. The molecule has 1 N–H and O–H groups in total. The number of nitrogens with one attached hydrogen (secondary N) is 1. The first-order valence-corrected chi connectivity index (χ1v) is 7.98. The van der Waals surface area contributed by atoms with Crippen LogP contribution >= 0.6 is 23.2 Å². The highest BCUT2D eigenvalue weighted by Gasteiger charge is 2.18. The molecule has 1 amide bonds. The second-order valence-corrected chi connectivity index (χ2v) is 6.18. The fraction of sp³-hybridized carbons (Fsp3) is 0.176. The van der Waals surface area contributed by atoms with Crippen molar-refractivity contribution in [1.82, 2.24) is 9.38 Å². The van der Waals surface area contributed by atoms with Crippen LogP contribution in [0.15, 0.2) is 36.5 Å². The van der Waals surface area contributed by atoms with Crippen LogP contribution in [0.1, 0.15) is 28.7 Å². The third-order valence-electron chi connectivity index (χ3n) is 3.51. The molecule has 0 aliphatic carbocycles. The molecule has 0 unspecified atom stereocenters. The standard InChI is InChI=1S/C17H15Cl2N3O/c1-3-14-16(22-9-10(2)4-5-15(22)21-14)17(23)20-13-7-11(18)6-12(19)8-13/h4-9H,3H2,1-2H3,(H,20,23). The number of halogens is 2. The lowest BCUT2D eigenvalue weighted by Crippen LogP contribution is -2.16. The summed E-state index contributed by atoms with van der Waals surface area (Å²) in [6.07, 6.45) is 2.57. The summed E-state index contributed by atoms with van der Waals surface area (Å²) < 4.78 is 1.82. The Hall–Kier alpha value is -2.04. The van der Waals surface area contributed by atoms with E-state index in [0.29, 0.717) is 27.8 Å². The van der Waals surface area contributed by atoms with Gasteiger partial charge in [-0.25, -0.2) is 4.98 Å². The monoisotopic (exact) mass is 347 g/mol. The van der Waals surface area contributed by atoms with Crippen molar-refractivity contribution in [2.45, 2.75) is 20.3 Å². The van der Waals surface area contributed by atoms with Crippen molar-refractivity contribution in [2.75, 3.05) is 5.32 Å². The number of pyridine rings is 1. The van der Waals surface area contributed by atoms with E-state index in [1.54, 1.807) is 18.2 Å². The van der Waals surface area contributed by atoms with Crippen LogP contribution in [0, 0.1) is 6.92 Å². The van der Waals surface area contributed by atoms with Gasteiger partial charge in [0.1, 0.15) is 11.3 Å². The molecule has 0 atom stereocenters. The number of imidazole rings is 1. The van der Waals surface area contributed by atoms with Crippen LogP contribution in [0.2, 0.25) is 10.0 Å². The summed E-state index contributed by atoms with van der Waals surface area (Å²) in [7, 11) is 0. The van der Waals surface area contributed by atoms with Crippen molar-refractivity contribution in [2.24, 2.45) is 0 Å². The van der Waals surface area contributed by atoms with Crippen LogP contribution < -0.4 is 5.32 Å². The van der Waals surface area contributed by atoms with E-state index < -0.39 is 0 Å². The first kappa shape index (κ1) is 15.8. The molecule has 0 bridgehead atoms. The van der Waals surface area contributed by atoms with E-state index in [0.717, 1.165) is 16.9 Å². The molecule has 0 aliphatic heterocycles. The van der Waals surface area contributed by atoms with Crippen LogP contribution in [0.25, 0.3) is 5.65 Å².